The van der Waals surface area contributed by atoms with Gasteiger partial charge in [0.15, 0.2) is 0 Å². The highest BCUT2D eigenvalue weighted by atomic mass is 35.5. The fraction of sp³-hybridized carbons (Fsp3) is 0.400. The minimum absolute atomic E-state index is 0.0813. The Hall–Kier alpha value is -2.27. The third kappa shape index (κ3) is 3.89. The number of allylic oxidation sites excluding steroid dienone is 2. The molecule has 1 saturated carbocycles. The lowest BCUT2D eigenvalue weighted by Crippen LogP contribution is -2.28. The molecule has 4 atom stereocenters. The predicted molar refractivity (Wildman–Crippen MR) is 114 cm³/mol. The number of carbonyl (C=O) groups excluding carboxylic acids is 1. The lowest BCUT2D eigenvalue weighted by molar-refractivity contribution is -0.162. The summed E-state index contributed by atoms with van der Waals surface area (Å²) in [6.45, 7) is 5.41. The van der Waals surface area contributed by atoms with Crippen LogP contribution in [0, 0.1) is 17.3 Å². The maximum atomic E-state index is 13.1. The summed E-state index contributed by atoms with van der Waals surface area (Å²) in [4.78, 5) is 13.1. The summed E-state index contributed by atoms with van der Waals surface area (Å²) in [7, 11) is 0. The number of carbonyl (C=O) groups is 1. The van der Waals surface area contributed by atoms with Crippen LogP contribution >= 0.6 is 11.6 Å². The summed E-state index contributed by atoms with van der Waals surface area (Å²) in [5.41, 5.74) is 1.69. The molecule has 4 unspecified atom stereocenters. The van der Waals surface area contributed by atoms with Gasteiger partial charge in [-0.1, -0.05) is 86.1 Å². The average molecular weight is 449 g/mol. The number of rotatable bonds is 4. The van der Waals surface area contributed by atoms with Crippen molar-refractivity contribution in [3.63, 3.8) is 0 Å². The molecule has 1 fully saturated rings. The van der Waals surface area contributed by atoms with Gasteiger partial charge in [0.25, 0.3) is 0 Å². The molecule has 2 aliphatic rings. The normalized spacial score (nSPS) is 29.4. The highest BCUT2D eigenvalue weighted by Gasteiger charge is 2.63. The zero-order valence-corrected chi connectivity index (χ0v) is 18.3. The number of halogens is 4. The van der Waals surface area contributed by atoms with Crippen LogP contribution in [0.25, 0.3) is 0 Å². The Morgan fingerprint density at radius 2 is 1.68 bits per heavy atom. The van der Waals surface area contributed by atoms with Crippen molar-refractivity contribution in [2.45, 2.75) is 44.9 Å². The van der Waals surface area contributed by atoms with E-state index in [1.54, 1.807) is 13.8 Å². The second-order valence-corrected chi connectivity index (χ2v) is 9.65. The van der Waals surface area contributed by atoms with Crippen molar-refractivity contribution in [2.75, 3.05) is 0 Å². The van der Waals surface area contributed by atoms with Crippen LogP contribution in [0.2, 0.25) is 0 Å². The standard InChI is InChI=1S/C25H24ClF3O2/c1-23(2)19(13-20(26)25(27,28)29)21(23)22(30)31-24(3)14-17(15-9-5-4-6-10-15)16-11-7-8-12-18(16)24/h4-13,17,19,21H,14H2,1-3H3. The molecule has 0 aliphatic heterocycles. The Bertz CT molecular complexity index is 1030. The Labute approximate surface area is 185 Å². The van der Waals surface area contributed by atoms with Gasteiger partial charge < -0.3 is 4.74 Å². The van der Waals surface area contributed by atoms with E-state index in [1.807, 2.05) is 49.4 Å². The molecule has 0 spiro atoms. The van der Waals surface area contributed by atoms with Crippen molar-refractivity contribution in [3.05, 3.63) is 82.4 Å². The van der Waals surface area contributed by atoms with Crippen molar-refractivity contribution < 1.29 is 22.7 Å². The monoisotopic (exact) mass is 448 g/mol. The van der Waals surface area contributed by atoms with Gasteiger partial charge in [0.2, 0.25) is 0 Å². The van der Waals surface area contributed by atoms with E-state index >= 15 is 0 Å². The Morgan fingerprint density at radius 3 is 2.32 bits per heavy atom. The van der Waals surface area contributed by atoms with Crippen LogP contribution in [0.5, 0.6) is 0 Å². The lowest BCUT2D eigenvalue weighted by atomic mass is 9.92. The van der Waals surface area contributed by atoms with E-state index in [9.17, 15) is 18.0 Å². The first kappa shape index (κ1) is 21.9. The van der Waals surface area contributed by atoms with Crippen molar-refractivity contribution in [1.29, 1.82) is 0 Å². The first-order chi connectivity index (χ1) is 14.4. The minimum atomic E-state index is -4.62. The van der Waals surface area contributed by atoms with Crippen LogP contribution in [0.4, 0.5) is 13.2 Å². The van der Waals surface area contributed by atoms with Crippen molar-refractivity contribution >= 4 is 17.6 Å². The third-order valence-electron chi connectivity index (χ3n) is 6.79. The van der Waals surface area contributed by atoms with E-state index in [2.05, 4.69) is 12.1 Å². The van der Waals surface area contributed by atoms with Crippen molar-refractivity contribution in [3.8, 4) is 0 Å². The molecule has 6 heteroatoms. The van der Waals surface area contributed by atoms with Gasteiger partial charge in [-0.05, 0) is 34.9 Å². The fourth-order valence-electron chi connectivity index (χ4n) is 4.95. The molecular formula is C25H24ClF3O2. The predicted octanol–water partition coefficient (Wildman–Crippen LogP) is 6.94. The quantitative estimate of drug-likeness (QED) is 0.473. The van der Waals surface area contributed by atoms with Gasteiger partial charge in [0.05, 0.1) is 5.92 Å². The highest BCUT2D eigenvalue weighted by Crippen LogP contribution is 2.61. The SMILES string of the molecule is CC1(OC(=O)C2C(C=C(Cl)C(F)(F)F)C2(C)C)CC(c2ccccc2)c2ccccc21. The van der Waals surface area contributed by atoms with E-state index in [-0.39, 0.29) is 5.92 Å². The van der Waals surface area contributed by atoms with Gasteiger partial charge in [-0.25, -0.2) is 0 Å². The van der Waals surface area contributed by atoms with Gasteiger partial charge in [0.1, 0.15) is 10.6 Å². The Morgan fingerprint density at radius 1 is 1.06 bits per heavy atom. The summed E-state index contributed by atoms with van der Waals surface area (Å²) < 4.78 is 44.6. The van der Waals surface area contributed by atoms with Gasteiger partial charge in [-0.3, -0.25) is 4.79 Å². The number of benzene rings is 2. The van der Waals surface area contributed by atoms with E-state index in [4.69, 9.17) is 16.3 Å². The molecule has 164 valence electrons. The molecule has 2 nitrogen and oxygen atoms in total. The molecular weight excluding hydrogens is 425 g/mol. The lowest BCUT2D eigenvalue weighted by Gasteiger charge is -2.27. The molecule has 2 aromatic carbocycles. The summed E-state index contributed by atoms with van der Waals surface area (Å²) in [5, 5.41) is -1.19. The van der Waals surface area contributed by atoms with Gasteiger partial charge in [-0.2, -0.15) is 13.2 Å². The van der Waals surface area contributed by atoms with Crippen LogP contribution in [-0.2, 0) is 15.1 Å². The van der Waals surface area contributed by atoms with Crippen LogP contribution < -0.4 is 0 Å². The molecule has 0 amide bonds. The van der Waals surface area contributed by atoms with Gasteiger partial charge in [-0.15, -0.1) is 0 Å². The van der Waals surface area contributed by atoms with Crippen molar-refractivity contribution in [2.24, 2.45) is 17.3 Å². The number of hydrogen-bond donors (Lipinski definition) is 0. The summed E-state index contributed by atoms with van der Waals surface area (Å²) in [6, 6.07) is 17.9. The van der Waals surface area contributed by atoms with E-state index in [0.717, 1.165) is 22.8 Å². The Kier molecular flexibility index (Phi) is 5.24. The van der Waals surface area contributed by atoms with Crippen molar-refractivity contribution in [1.82, 2.24) is 0 Å². The smallest absolute Gasteiger partial charge is 0.426 e. The number of ether oxygens (including phenoxy) is 1. The highest BCUT2D eigenvalue weighted by molar-refractivity contribution is 6.30. The Balaban J connectivity index is 1.59. The molecule has 31 heavy (non-hydrogen) atoms. The van der Waals surface area contributed by atoms with Crippen LogP contribution in [0.1, 0.15) is 49.8 Å². The van der Waals surface area contributed by atoms with Crippen LogP contribution in [0.3, 0.4) is 0 Å². The summed E-state index contributed by atoms with van der Waals surface area (Å²) in [6.07, 6.45) is -3.09. The number of fused-ring (bicyclic) bond motifs is 1. The average Bonchev–Trinajstić information content (AvgIpc) is 3.12. The summed E-state index contributed by atoms with van der Waals surface area (Å²) in [5.74, 6) is -1.68. The topological polar surface area (TPSA) is 26.3 Å². The van der Waals surface area contributed by atoms with Gasteiger partial charge in [0, 0.05) is 12.3 Å². The molecule has 4 rings (SSSR count). The largest absolute Gasteiger partial charge is 0.454 e. The zero-order chi connectivity index (χ0) is 22.6. The maximum absolute atomic E-state index is 13.1. The summed E-state index contributed by atoms with van der Waals surface area (Å²) >= 11 is 5.42. The number of esters is 1. The first-order valence-corrected chi connectivity index (χ1v) is 10.6. The second kappa shape index (κ2) is 7.40. The fourth-order valence-corrected chi connectivity index (χ4v) is 5.08. The maximum Gasteiger partial charge on any atom is 0.426 e. The second-order valence-electron chi connectivity index (χ2n) is 9.24. The third-order valence-corrected chi connectivity index (χ3v) is 7.13. The molecule has 0 aromatic heterocycles. The van der Waals surface area contributed by atoms with E-state index in [0.29, 0.717) is 6.42 Å². The molecule has 0 N–H and O–H groups in total. The van der Waals surface area contributed by atoms with E-state index in [1.165, 1.54) is 0 Å². The number of alkyl halides is 3. The van der Waals surface area contributed by atoms with E-state index < -0.39 is 40.0 Å². The molecule has 0 radical (unpaired) electrons. The minimum Gasteiger partial charge on any atom is -0.454 e. The molecule has 0 bridgehead atoms. The zero-order valence-electron chi connectivity index (χ0n) is 17.5. The molecule has 2 aliphatic carbocycles. The van der Waals surface area contributed by atoms with Gasteiger partial charge >= 0.3 is 12.1 Å². The molecule has 0 heterocycles. The molecule has 0 saturated heterocycles. The number of hydrogen-bond acceptors (Lipinski definition) is 2. The first-order valence-electron chi connectivity index (χ1n) is 10.3. The van der Waals surface area contributed by atoms with Crippen LogP contribution in [0.15, 0.2) is 65.7 Å². The molecule has 2 aromatic rings. The van der Waals surface area contributed by atoms with Crippen LogP contribution in [-0.4, -0.2) is 12.1 Å².